The first-order valence-corrected chi connectivity index (χ1v) is 9.22. The molecule has 2 amide bonds. The van der Waals surface area contributed by atoms with Gasteiger partial charge in [-0.3, -0.25) is 0 Å². The second-order valence-electron chi connectivity index (χ2n) is 6.19. The van der Waals surface area contributed by atoms with Crippen LogP contribution >= 0.6 is 11.3 Å². The average molecular weight is 345 g/mol. The van der Waals surface area contributed by atoms with Crippen molar-refractivity contribution in [2.75, 3.05) is 6.54 Å². The van der Waals surface area contributed by atoms with E-state index >= 15 is 0 Å². The minimum atomic E-state index is -0.554. The number of fused-ring (bicyclic) bond motifs is 1. The molecule has 0 spiro atoms. The molecule has 2 atom stereocenters. The number of aliphatic hydroxyl groups is 1. The molecule has 5 nitrogen and oxygen atoms in total. The Labute approximate surface area is 146 Å². The third-order valence-electron chi connectivity index (χ3n) is 4.26. The monoisotopic (exact) mass is 345 g/mol. The molecule has 1 aromatic carbocycles. The number of carbonyl (C=O) groups is 1. The topological polar surface area (TPSA) is 74.2 Å². The fourth-order valence-electron chi connectivity index (χ4n) is 3.06. The predicted molar refractivity (Wildman–Crippen MR) is 95.2 cm³/mol. The van der Waals surface area contributed by atoms with E-state index in [0.29, 0.717) is 13.0 Å². The lowest BCUT2D eigenvalue weighted by Crippen LogP contribution is -2.41. The summed E-state index contributed by atoms with van der Waals surface area (Å²) in [5.41, 5.74) is 3.19. The fraction of sp³-hybridized carbons (Fsp3) is 0.444. The molecule has 0 fully saturated rings. The second-order valence-corrected chi connectivity index (χ2v) is 7.13. The van der Waals surface area contributed by atoms with Crippen LogP contribution < -0.4 is 10.6 Å². The van der Waals surface area contributed by atoms with Crippen LogP contribution in [0.5, 0.6) is 0 Å². The van der Waals surface area contributed by atoms with Crippen molar-refractivity contribution in [2.24, 2.45) is 0 Å². The summed E-state index contributed by atoms with van der Waals surface area (Å²) in [6.07, 6.45) is 2.91. The summed E-state index contributed by atoms with van der Waals surface area (Å²) < 4.78 is 0. The van der Waals surface area contributed by atoms with Gasteiger partial charge in [0, 0.05) is 24.0 Å². The zero-order chi connectivity index (χ0) is 16.9. The number of hydrogen-bond donors (Lipinski definition) is 3. The van der Waals surface area contributed by atoms with Gasteiger partial charge in [0.15, 0.2) is 0 Å². The molecule has 1 heterocycles. The number of unbranched alkanes of at least 4 members (excludes halogenated alkanes) is 1. The Hall–Kier alpha value is -1.92. The summed E-state index contributed by atoms with van der Waals surface area (Å²) in [4.78, 5) is 16.5. The van der Waals surface area contributed by atoms with Gasteiger partial charge in [0.05, 0.1) is 17.2 Å². The molecule has 2 aromatic rings. The van der Waals surface area contributed by atoms with Crippen LogP contribution in [0.25, 0.3) is 0 Å². The minimum Gasteiger partial charge on any atom is -0.390 e. The summed E-state index contributed by atoms with van der Waals surface area (Å²) in [6.45, 7) is 2.63. The first-order valence-electron chi connectivity index (χ1n) is 8.34. The molecule has 0 saturated heterocycles. The second kappa shape index (κ2) is 7.77. The lowest BCUT2D eigenvalue weighted by molar-refractivity contribution is 0.142. The van der Waals surface area contributed by atoms with Gasteiger partial charge in [-0.15, -0.1) is 11.3 Å². The van der Waals surface area contributed by atoms with Crippen molar-refractivity contribution in [2.45, 2.75) is 44.8 Å². The van der Waals surface area contributed by atoms with Crippen molar-refractivity contribution in [1.29, 1.82) is 0 Å². The summed E-state index contributed by atoms with van der Waals surface area (Å²) in [5, 5.41) is 19.1. The standard InChI is InChI=1S/C18H23N3O2S/c1-12-11-24-16(20-12)8-4-5-9-19-18(23)21-17-14-7-3-2-6-13(14)10-15(17)22/h2-3,6-7,11,15,17,22H,4-5,8-10H2,1H3,(H2,19,21,23)/t15-,17+/m1/s1. The van der Waals surface area contributed by atoms with Gasteiger partial charge in [0.1, 0.15) is 0 Å². The molecule has 1 aliphatic rings. The Balaban J connectivity index is 1.38. The quantitative estimate of drug-likeness (QED) is 0.705. The number of thiazole rings is 1. The maximum absolute atomic E-state index is 12.0. The summed E-state index contributed by atoms with van der Waals surface area (Å²) in [7, 11) is 0. The molecule has 24 heavy (non-hydrogen) atoms. The molecule has 0 radical (unpaired) electrons. The first kappa shape index (κ1) is 16.9. The van der Waals surface area contributed by atoms with Crippen LogP contribution in [-0.2, 0) is 12.8 Å². The molecule has 0 bridgehead atoms. The van der Waals surface area contributed by atoms with Crippen molar-refractivity contribution in [3.05, 3.63) is 51.5 Å². The summed E-state index contributed by atoms with van der Waals surface area (Å²) in [5.74, 6) is 0. The molecule has 1 aromatic heterocycles. The summed E-state index contributed by atoms with van der Waals surface area (Å²) in [6, 6.07) is 7.31. The van der Waals surface area contributed by atoms with E-state index in [4.69, 9.17) is 0 Å². The van der Waals surface area contributed by atoms with Crippen LogP contribution in [0.15, 0.2) is 29.6 Å². The number of aryl methyl sites for hydroxylation is 2. The van der Waals surface area contributed by atoms with Crippen LogP contribution in [0.2, 0.25) is 0 Å². The molecule has 3 N–H and O–H groups in total. The number of aromatic nitrogens is 1. The lowest BCUT2D eigenvalue weighted by Gasteiger charge is -2.18. The Bertz CT molecular complexity index is 701. The number of amides is 2. The number of benzene rings is 1. The molecule has 6 heteroatoms. The van der Waals surface area contributed by atoms with Gasteiger partial charge in [0.25, 0.3) is 0 Å². The smallest absolute Gasteiger partial charge is 0.315 e. The van der Waals surface area contributed by atoms with Crippen LogP contribution in [0.1, 0.15) is 40.7 Å². The third-order valence-corrected chi connectivity index (χ3v) is 5.29. The Morgan fingerprint density at radius 1 is 1.38 bits per heavy atom. The highest BCUT2D eigenvalue weighted by molar-refractivity contribution is 7.09. The van der Waals surface area contributed by atoms with E-state index in [1.807, 2.05) is 31.2 Å². The van der Waals surface area contributed by atoms with Crippen LogP contribution in [-0.4, -0.2) is 28.8 Å². The number of hydrogen-bond acceptors (Lipinski definition) is 4. The van der Waals surface area contributed by atoms with E-state index < -0.39 is 6.10 Å². The molecular weight excluding hydrogens is 322 g/mol. The van der Waals surface area contributed by atoms with Crippen molar-refractivity contribution in [3.63, 3.8) is 0 Å². The van der Waals surface area contributed by atoms with Crippen LogP contribution in [0, 0.1) is 6.92 Å². The van der Waals surface area contributed by atoms with Crippen molar-refractivity contribution >= 4 is 17.4 Å². The van der Waals surface area contributed by atoms with Crippen LogP contribution in [0.4, 0.5) is 4.79 Å². The van der Waals surface area contributed by atoms with Crippen molar-refractivity contribution < 1.29 is 9.90 Å². The maximum atomic E-state index is 12.0. The van der Waals surface area contributed by atoms with Gasteiger partial charge in [-0.05, 0) is 37.3 Å². The predicted octanol–water partition coefficient (Wildman–Crippen LogP) is 2.73. The molecular formula is C18H23N3O2S. The maximum Gasteiger partial charge on any atom is 0.315 e. The average Bonchev–Trinajstić information content (AvgIpc) is 3.11. The Morgan fingerprint density at radius 2 is 2.21 bits per heavy atom. The van der Waals surface area contributed by atoms with E-state index in [1.165, 1.54) is 0 Å². The number of nitrogens with one attached hydrogen (secondary N) is 2. The SMILES string of the molecule is Cc1csc(CCCCNC(=O)N[C@H]2c3ccccc3C[C@H]2O)n1. The van der Waals surface area contributed by atoms with Gasteiger partial charge in [0.2, 0.25) is 0 Å². The highest BCUT2D eigenvalue weighted by Crippen LogP contribution is 2.30. The van der Waals surface area contributed by atoms with E-state index in [0.717, 1.165) is 41.1 Å². The highest BCUT2D eigenvalue weighted by Gasteiger charge is 2.31. The normalized spacial score (nSPS) is 19.1. The zero-order valence-corrected chi connectivity index (χ0v) is 14.6. The van der Waals surface area contributed by atoms with E-state index in [-0.39, 0.29) is 12.1 Å². The van der Waals surface area contributed by atoms with Crippen molar-refractivity contribution in [1.82, 2.24) is 15.6 Å². The van der Waals surface area contributed by atoms with E-state index in [2.05, 4.69) is 21.0 Å². The molecule has 0 saturated carbocycles. The van der Waals surface area contributed by atoms with Crippen LogP contribution in [0.3, 0.4) is 0 Å². The minimum absolute atomic E-state index is 0.221. The van der Waals surface area contributed by atoms with Gasteiger partial charge in [-0.1, -0.05) is 24.3 Å². The number of rotatable bonds is 6. The number of aliphatic hydroxyl groups excluding tert-OH is 1. The molecule has 0 aliphatic heterocycles. The van der Waals surface area contributed by atoms with Crippen molar-refractivity contribution in [3.8, 4) is 0 Å². The third kappa shape index (κ3) is 4.13. The van der Waals surface area contributed by atoms with Gasteiger partial charge in [-0.25, -0.2) is 9.78 Å². The number of carbonyl (C=O) groups excluding carboxylic acids is 1. The fourth-order valence-corrected chi connectivity index (χ4v) is 3.88. The molecule has 1 aliphatic carbocycles. The Kier molecular flexibility index (Phi) is 5.48. The zero-order valence-electron chi connectivity index (χ0n) is 13.8. The molecule has 3 rings (SSSR count). The lowest BCUT2D eigenvalue weighted by atomic mass is 10.1. The Morgan fingerprint density at radius 3 is 3.00 bits per heavy atom. The van der Waals surface area contributed by atoms with E-state index in [1.54, 1.807) is 11.3 Å². The first-order chi connectivity index (χ1) is 11.6. The highest BCUT2D eigenvalue weighted by atomic mass is 32.1. The number of nitrogens with zero attached hydrogens (tertiary/aromatic N) is 1. The number of urea groups is 1. The van der Waals surface area contributed by atoms with Gasteiger partial charge < -0.3 is 15.7 Å². The van der Waals surface area contributed by atoms with Gasteiger partial charge >= 0.3 is 6.03 Å². The van der Waals surface area contributed by atoms with E-state index in [9.17, 15) is 9.90 Å². The molecule has 128 valence electrons. The van der Waals surface area contributed by atoms with Gasteiger partial charge in [-0.2, -0.15) is 0 Å². The summed E-state index contributed by atoms with van der Waals surface area (Å²) >= 11 is 1.69. The molecule has 0 unspecified atom stereocenters. The largest absolute Gasteiger partial charge is 0.390 e.